The van der Waals surface area contributed by atoms with E-state index in [0.717, 1.165) is 0 Å². The zero-order chi connectivity index (χ0) is 15.1. The van der Waals surface area contributed by atoms with Gasteiger partial charge in [-0.25, -0.2) is 4.79 Å². The molecule has 0 aromatic rings. The van der Waals surface area contributed by atoms with Crippen LogP contribution in [-0.4, -0.2) is 39.8 Å². The standard InChI is InChI=1S/C14H25NO4/c1-12(2,3)19-11(18)15-8-7-14(6,10(16)17)9-13(15,4)5/h7-9H2,1-6H3,(H,16,17). The number of aliphatic carboxylic acids is 1. The molecule has 1 aliphatic heterocycles. The highest BCUT2D eigenvalue weighted by Crippen LogP contribution is 2.40. The van der Waals surface area contributed by atoms with E-state index in [2.05, 4.69) is 0 Å². The molecule has 5 nitrogen and oxygen atoms in total. The number of likely N-dealkylation sites (tertiary alicyclic amines) is 1. The molecule has 1 amide bonds. The molecule has 0 bridgehead atoms. The Hall–Kier alpha value is -1.26. The van der Waals surface area contributed by atoms with E-state index in [1.807, 2.05) is 34.6 Å². The Morgan fingerprint density at radius 3 is 2.11 bits per heavy atom. The summed E-state index contributed by atoms with van der Waals surface area (Å²) in [6.45, 7) is 11.4. The summed E-state index contributed by atoms with van der Waals surface area (Å²) in [6.07, 6.45) is 0.504. The number of rotatable bonds is 1. The van der Waals surface area contributed by atoms with E-state index in [-0.39, 0.29) is 6.09 Å². The van der Waals surface area contributed by atoms with Crippen molar-refractivity contribution in [2.75, 3.05) is 6.54 Å². The number of amides is 1. The summed E-state index contributed by atoms with van der Waals surface area (Å²) in [6, 6.07) is 0. The van der Waals surface area contributed by atoms with E-state index < -0.39 is 22.5 Å². The van der Waals surface area contributed by atoms with E-state index in [9.17, 15) is 14.7 Å². The normalized spacial score (nSPS) is 26.9. The van der Waals surface area contributed by atoms with Crippen LogP contribution in [0.4, 0.5) is 4.79 Å². The Kier molecular flexibility index (Phi) is 3.90. The Morgan fingerprint density at radius 2 is 1.74 bits per heavy atom. The van der Waals surface area contributed by atoms with Crippen molar-refractivity contribution >= 4 is 12.1 Å². The maximum atomic E-state index is 12.2. The topological polar surface area (TPSA) is 66.8 Å². The van der Waals surface area contributed by atoms with Crippen molar-refractivity contribution in [2.24, 2.45) is 5.41 Å². The van der Waals surface area contributed by atoms with E-state index in [1.54, 1.807) is 11.8 Å². The summed E-state index contributed by atoms with van der Waals surface area (Å²) < 4.78 is 5.38. The number of carbonyl (C=O) groups is 2. The highest BCUT2D eigenvalue weighted by Gasteiger charge is 2.48. The molecule has 0 saturated carbocycles. The molecule has 1 aliphatic rings. The zero-order valence-electron chi connectivity index (χ0n) is 12.7. The maximum Gasteiger partial charge on any atom is 0.410 e. The third kappa shape index (κ3) is 3.61. The van der Waals surface area contributed by atoms with Crippen LogP contribution in [0.3, 0.4) is 0 Å². The first kappa shape index (κ1) is 15.8. The van der Waals surface area contributed by atoms with Crippen LogP contribution in [-0.2, 0) is 9.53 Å². The maximum absolute atomic E-state index is 12.2. The highest BCUT2D eigenvalue weighted by molar-refractivity contribution is 5.76. The summed E-state index contributed by atoms with van der Waals surface area (Å²) in [5.74, 6) is -0.801. The predicted octanol–water partition coefficient (Wildman–Crippen LogP) is 2.89. The summed E-state index contributed by atoms with van der Waals surface area (Å²) in [5.41, 5.74) is -1.84. The Balaban J connectivity index is 2.85. The van der Waals surface area contributed by atoms with Crippen molar-refractivity contribution in [1.82, 2.24) is 4.90 Å². The molecule has 110 valence electrons. The van der Waals surface area contributed by atoms with Gasteiger partial charge in [0.1, 0.15) is 5.60 Å². The van der Waals surface area contributed by atoms with Crippen LogP contribution in [0.1, 0.15) is 54.4 Å². The first-order chi connectivity index (χ1) is 8.37. The number of nitrogens with zero attached hydrogens (tertiary/aromatic N) is 1. The summed E-state index contributed by atoms with van der Waals surface area (Å²) in [7, 11) is 0. The van der Waals surface area contributed by atoms with Crippen LogP contribution < -0.4 is 0 Å². The number of carboxylic acid groups (broad SMARTS) is 1. The Bertz CT molecular complexity index is 383. The van der Waals surface area contributed by atoms with Crippen molar-refractivity contribution < 1.29 is 19.4 Å². The minimum atomic E-state index is -0.801. The van der Waals surface area contributed by atoms with Crippen LogP contribution in [0, 0.1) is 5.41 Å². The van der Waals surface area contributed by atoms with Gasteiger partial charge in [0.15, 0.2) is 0 Å². The monoisotopic (exact) mass is 271 g/mol. The van der Waals surface area contributed by atoms with Gasteiger partial charge in [-0.3, -0.25) is 4.79 Å². The third-order valence-corrected chi connectivity index (χ3v) is 3.57. The van der Waals surface area contributed by atoms with Crippen molar-refractivity contribution in [3.8, 4) is 0 Å². The van der Waals surface area contributed by atoms with Crippen LogP contribution in [0.2, 0.25) is 0 Å². The van der Waals surface area contributed by atoms with Gasteiger partial charge in [0.05, 0.1) is 5.41 Å². The SMILES string of the molecule is CC(C)(C)OC(=O)N1CCC(C)(C(=O)O)CC1(C)C. The van der Waals surface area contributed by atoms with Gasteiger partial charge in [0.2, 0.25) is 0 Å². The molecule has 0 spiro atoms. The Labute approximate surface area is 114 Å². The second kappa shape index (κ2) is 4.69. The van der Waals surface area contributed by atoms with Gasteiger partial charge in [0, 0.05) is 12.1 Å². The predicted molar refractivity (Wildman–Crippen MR) is 72.0 cm³/mol. The molecule has 1 fully saturated rings. The first-order valence-electron chi connectivity index (χ1n) is 6.61. The summed E-state index contributed by atoms with van der Waals surface area (Å²) >= 11 is 0. The fourth-order valence-corrected chi connectivity index (χ4v) is 2.64. The van der Waals surface area contributed by atoms with Crippen molar-refractivity contribution in [1.29, 1.82) is 0 Å². The van der Waals surface area contributed by atoms with E-state index in [4.69, 9.17) is 4.74 Å². The summed E-state index contributed by atoms with van der Waals surface area (Å²) in [4.78, 5) is 25.1. The van der Waals surface area contributed by atoms with E-state index in [1.165, 1.54) is 0 Å². The smallest absolute Gasteiger partial charge is 0.410 e. The number of hydrogen-bond acceptors (Lipinski definition) is 3. The van der Waals surface area contributed by atoms with Gasteiger partial charge < -0.3 is 14.7 Å². The first-order valence-corrected chi connectivity index (χ1v) is 6.61. The minimum Gasteiger partial charge on any atom is -0.481 e. The number of hydrogen-bond donors (Lipinski definition) is 1. The quantitative estimate of drug-likeness (QED) is 0.796. The van der Waals surface area contributed by atoms with Gasteiger partial charge in [-0.1, -0.05) is 0 Å². The van der Waals surface area contributed by atoms with E-state index >= 15 is 0 Å². The molecule has 0 aromatic heterocycles. The van der Waals surface area contributed by atoms with Crippen molar-refractivity contribution in [3.05, 3.63) is 0 Å². The van der Waals surface area contributed by atoms with Gasteiger partial charge in [-0.2, -0.15) is 0 Å². The fourth-order valence-electron chi connectivity index (χ4n) is 2.64. The van der Waals surface area contributed by atoms with Crippen LogP contribution in [0.15, 0.2) is 0 Å². The van der Waals surface area contributed by atoms with Crippen molar-refractivity contribution in [2.45, 2.75) is 65.5 Å². The zero-order valence-corrected chi connectivity index (χ0v) is 12.7. The highest BCUT2D eigenvalue weighted by atomic mass is 16.6. The molecular weight excluding hydrogens is 246 g/mol. The molecule has 5 heteroatoms. The number of carboxylic acids is 1. The molecule has 0 radical (unpaired) electrons. The van der Waals surface area contributed by atoms with Crippen LogP contribution in [0.5, 0.6) is 0 Å². The molecule has 1 heterocycles. The van der Waals surface area contributed by atoms with Gasteiger partial charge in [-0.05, 0) is 54.4 Å². The molecule has 0 aromatic carbocycles. The molecular formula is C14H25NO4. The molecule has 1 rings (SSSR count). The second-order valence-corrected chi connectivity index (χ2v) is 7.24. The molecule has 1 atom stereocenters. The molecule has 1 unspecified atom stereocenters. The van der Waals surface area contributed by atoms with Crippen LogP contribution in [0.25, 0.3) is 0 Å². The number of carbonyl (C=O) groups excluding carboxylic acids is 1. The van der Waals surface area contributed by atoms with Gasteiger partial charge in [-0.15, -0.1) is 0 Å². The third-order valence-electron chi connectivity index (χ3n) is 3.57. The molecule has 1 saturated heterocycles. The molecule has 1 N–H and O–H groups in total. The van der Waals surface area contributed by atoms with Crippen molar-refractivity contribution in [3.63, 3.8) is 0 Å². The Morgan fingerprint density at radius 1 is 1.21 bits per heavy atom. The lowest BCUT2D eigenvalue weighted by Gasteiger charge is -2.48. The minimum absolute atomic E-state index is 0.370. The van der Waals surface area contributed by atoms with E-state index in [0.29, 0.717) is 19.4 Å². The fraction of sp³-hybridized carbons (Fsp3) is 0.857. The average molecular weight is 271 g/mol. The largest absolute Gasteiger partial charge is 0.481 e. The second-order valence-electron chi connectivity index (χ2n) is 7.24. The van der Waals surface area contributed by atoms with Crippen LogP contribution >= 0.6 is 0 Å². The molecule has 0 aliphatic carbocycles. The van der Waals surface area contributed by atoms with Gasteiger partial charge >= 0.3 is 12.1 Å². The average Bonchev–Trinajstić information content (AvgIpc) is 2.11. The molecule has 19 heavy (non-hydrogen) atoms. The lowest BCUT2D eigenvalue weighted by molar-refractivity contribution is -0.154. The lowest BCUT2D eigenvalue weighted by Crippen LogP contribution is -2.57. The number of ether oxygens (including phenoxy) is 1. The van der Waals surface area contributed by atoms with Gasteiger partial charge in [0.25, 0.3) is 0 Å². The number of piperidine rings is 1. The lowest BCUT2D eigenvalue weighted by atomic mass is 9.72. The summed E-state index contributed by atoms with van der Waals surface area (Å²) in [5, 5.41) is 9.31.